The maximum Gasteiger partial charge on any atom is 0.242 e. The van der Waals surface area contributed by atoms with Gasteiger partial charge in [0.2, 0.25) is 11.7 Å². The molecule has 8 N–H and O–H groups in total. The van der Waals surface area contributed by atoms with Crippen molar-refractivity contribution in [3.8, 4) is 11.5 Å². The highest BCUT2D eigenvalue weighted by Crippen LogP contribution is 2.28. The number of anilines is 2. The van der Waals surface area contributed by atoms with Gasteiger partial charge < -0.3 is 32.0 Å². The number of para-hydroxylation sites is 1. The molecule has 0 saturated carbocycles. The van der Waals surface area contributed by atoms with Crippen LogP contribution in [0.5, 0.6) is 11.5 Å². The first-order valence-electron chi connectivity index (χ1n) is 10.2. The number of phenolic OH excluding ortho intramolecular Hbond substituents is 1. The Bertz CT molecular complexity index is 1460. The van der Waals surface area contributed by atoms with Crippen molar-refractivity contribution in [3.05, 3.63) is 87.8 Å². The van der Waals surface area contributed by atoms with E-state index in [1.165, 1.54) is 30.5 Å². The van der Waals surface area contributed by atoms with E-state index < -0.39 is 28.9 Å². The minimum atomic E-state index is -0.955. The van der Waals surface area contributed by atoms with E-state index in [2.05, 4.69) is 15.3 Å². The normalized spacial score (nSPS) is 11.8. The summed E-state index contributed by atoms with van der Waals surface area (Å²) in [6.45, 7) is 0. The minimum Gasteiger partial charge on any atom is -0.506 e. The quantitative estimate of drug-likeness (QED) is 0.186. The van der Waals surface area contributed by atoms with Crippen molar-refractivity contribution in [1.82, 2.24) is 9.97 Å². The third-order valence-electron chi connectivity index (χ3n) is 5.27. The van der Waals surface area contributed by atoms with Crippen molar-refractivity contribution in [3.63, 3.8) is 0 Å². The van der Waals surface area contributed by atoms with Gasteiger partial charge in [-0.1, -0.05) is 18.2 Å². The number of aromatic nitrogens is 2. The van der Waals surface area contributed by atoms with Crippen LogP contribution < -0.4 is 22.2 Å². The molecule has 1 amide bonds. The van der Waals surface area contributed by atoms with Crippen molar-refractivity contribution in [2.45, 2.75) is 12.5 Å². The van der Waals surface area contributed by atoms with E-state index in [9.17, 15) is 24.6 Å². The molecule has 172 valence electrons. The Balaban J connectivity index is 1.58. The predicted molar refractivity (Wildman–Crippen MR) is 127 cm³/mol. The second-order valence-electron chi connectivity index (χ2n) is 7.67. The molecule has 1 unspecified atom stereocenters. The third-order valence-corrected chi connectivity index (χ3v) is 5.27. The molecular formula is C24H21N5O5. The number of hydrogen-bond acceptors (Lipinski definition) is 8. The highest BCUT2D eigenvalue weighted by Gasteiger charge is 2.22. The Morgan fingerprint density at radius 2 is 1.82 bits per heavy atom. The molecule has 1 atom stereocenters. The second kappa shape index (κ2) is 9.04. The maximum absolute atomic E-state index is 13.0. The van der Waals surface area contributed by atoms with Gasteiger partial charge in [-0.2, -0.15) is 0 Å². The van der Waals surface area contributed by atoms with Gasteiger partial charge >= 0.3 is 0 Å². The number of nitrogen functional groups attached to an aromatic ring is 1. The standard InChI is InChI=1S/C24H21N5O5/c25-13-6-4-12(5-7-13)10-16(26)24(34)29-23-22(33)15(8-9-27-23)21(32)17-11-19(31)14-2-1-3-18(30)20(14)28-17/h1-9,11,16,30,33H,10,25-26H2,(H,28,31)(H,27,29,34). The summed E-state index contributed by atoms with van der Waals surface area (Å²) >= 11 is 0. The summed E-state index contributed by atoms with van der Waals surface area (Å²) in [5, 5.41) is 23.3. The molecule has 4 rings (SSSR count). The van der Waals surface area contributed by atoms with Crippen LogP contribution in [0.15, 0.2) is 65.6 Å². The zero-order valence-electron chi connectivity index (χ0n) is 17.8. The first kappa shape index (κ1) is 22.5. The monoisotopic (exact) mass is 459 g/mol. The van der Waals surface area contributed by atoms with E-state index in [-0.39, 0.29) is 40.1 Å². The lowest BCUT2D eigenvalue weighted by molar-refractivity contribution is -0.117. The van der Waals surface area contributed by atoms with E-state index in [4.69, 9.17) is 11.5 Å². The fourth-order valence-corrected chi connectivity index (χ4v) is 3.46. The molecule has 0 saturated heterocycles. The van der Waals surface area contributed by atoms with Gasteiger partial charge in [0, 0.05) is 23.3 Å². The number of ketones is 1. The molecule has 0 bridgehead atoms. The summed E-state index contributed by atoms with van der Waals surface area (Å²) in [7, 11) is 0. The van der Waals surface area contributed by atoms with Gasteiger partial charge in [0.25, 0.3) is 0 Å². The number of aromatic hydroxyl groups is 2. The van der Waals surface area contributed by atoms with Crippen molar-refractivity contribution < 1.29 is 19.8 Å². The second-order valence-corrected chi connectivity index (χ2v) is 7.67. The average molecular weight is 459 g/mol. The number of benzene rings is 2. The largest absolute Gasteiger partial charge is 0.506 e. The number of nitrogens with zero attached hydrogens (tertiary/aromatic N) is 1. The number of fused-ring (bicyclic) bond motifs is 1. The van der Waals surface area contributed by atoms with Crippen LogP contribution in [0.3, 0.4) is 0 Å². The zero-order valence-corrected chi connectivity index (χ0v) is 17.8. The fraction of sp³-hybridized carbons (Fsp3) is 0.0833. The van der Waals surface area contributed by atoms with Gasteiger partial charge in [0.05, 0.1) is 22.8 Å². The van der Waals surface area contributed by atoms with E-state index in [1.54, 1.807) is 24.3 Å². The number of nitrogens with one attached hydrogen (secondary N) is 2. The van der Waals surface area contributed by atoms with Gasteiger partial charge in [-0.25, -0.2) is 4.98 Å². The number of nitrogens with two attached hydrogens (primary N) is 2. The fourth-order valence-electron chi connectivity index (χ4n) is 3.46. The Labute approximate surface area is 192 Å². The van der Waals surface area contributed by atoms with Crippen LogP contribution in [0.1, 0.15) is 21.6 Å². The van der Waals surface area contributed by atoms with E-state index >= 15 is 0 Å². The molecule has 0 spiro atoms. The predicted octanol–water partition coefficient (Wildman–Crippen LogP) is 1.66. The van der Waals surface area contributed by atoms with Crippen molar-refractivity contribution >= 4 is 34.1 Å². The Hall–Kier alpha value is -4.70. The Morgan fingerprint density at radius 1 is 1.09 bits per heavy atom. The minimum absolute atomic E-state index is 0.0917. The Morgan fingerprint density at radius 3 is 2.56 bits per heavy atom. The number of carbonyl (C=O) groups is 2. The van der Waals surface area contributed by atoms with Gasteiger partial charge in [-0.3, -0.25) is 14.4 Å². The first-order valence-corrected chi connectivity index (χ1v) is 10.2. The molecule has 10 nitrogen and oxygen atoms in total. The molecule has 10 heteroatoms. The number of H-pyrrole nitrogens is 1. The smallest absolute Gasteiger partial charge is 0.242 e. The average Bonchev–Trinajstić information content (AvgIpc) is 2.82. The first-order chi connectivity index (χ1) is 16.2. The van der Waals surface area contributed by atoms with Crippen LogP contribution in [0.25, 0.3) is 10.9 Å². The summed E-state index contributed by atoms with van der Waals surface area (Å²) in [5.74, 6) is -2.39. The molecule has 2 heterocycles. The van der Waals surface area contributed by atoms with Gasteiger partial charge in [0.1, 0.15) is 5.75 Å². The number of phenols is 1. The van der Waals surface area contributed by atoms with Gasteiger partial charge in [-0.05, 0) is 42.3 Å². The highest BCUT2D eigenvalue weighted by molar-refractivity contribution is 6.11. The summed E-state index contributed by atoms with van der Waals surface area (Å²) < 4.78 is 0. The molecule has 2 aromatic heterocycles. The van der Waals surface area contributed by atoms with Gasteiger partial charge in [0.15, 0.2) is 17.0 Å². The topological polar surface area (TPSA) is 184 Å². The van der Waals surface area contributed by atoms with Crippen LogP contribution in [-0.4, -0.2) is 37.9 Å². The molecule has 0 aliphatic rings. The maximum atomic E-state index is 13.0. The van der Waals surface area contributed by atoms with Crippen LogP contribution >= 0.6 is 0 Å². The lowest BCUT2D eigenvalue weighted by atomic mass is 10.0. The summed E-state index contributed by atoms with van der Waals surface area (Å²) in [4.78, 5) is 44.6. The van der Waals surface area contributed by atoms with Crippen LogP contribution in [-0.2, 0) is 11.2 Å². The number of rotatable bonds is 6. The zero-order chi connectivity index (χ0) is 24.4. The van der Waals surface area contributed by atoms with E-state index in [0.29, 0.717) is 5.69 Å². The van der Waals surface area contributed by atoms with E-state index in [0.717, 1.165) is 11.6 Å². The SMILES string of the molecule is Nc1ccc(CC(N)C(=O)Nc2nccc(C(=O)c3cc(=O)c4cccc(O)c4[nH]3)c2O)cc1. The number of carbonyl (C=O) groups excluding carboxylic acids is 2. The molecular weight excluding hydrogens is 438 g/mol. The molecule has 4 aromatic rings. The van der Waals surface area contributed by atoms with Crippen LogP contribution in [0, 0.1) is 0 Å². The number of aromatic amines is 1. The summed E-state index contributed by atoms with van der Waals surface area (Å²) in [6.07, 6.45) is 1.44. The molecule has 0 fully saturated rings. The lowest BCUT2D eigenvalue weighted by Gasteiger charge is -2.14. The van der Waals surface area contributed by atoms with Crippen molar-refractivity contribution in [2.75, 3.05) is 11.1 Å². The van der Waals surface area contributed by atoms with Gasteiger partial charge in [-0.15, -0.1) is 0 Å². The highest BCUT2D eigenvalue weighted by atomic mass is 16.3. The van der Waals surface area contributed by atoms with Crippen LogP contribution in [0.4, 0.5) is 11.5 Å². The molecule has 0 aliphatic heterocycles. The molecule has 2 aromatic carbocycles. The third kappa shape index (κ3) is 4.43. The number of amides is 1. The van der Waals surface area contributed by atoms with E-state index in [1.807, 2.05) is 0 Å². The van der Waals surface area contributed by atoms with Crippen LogP contribution in [0.2, 0.25) is 0 Å². The number of hydrogen-bond donors (Lipinski definition) is 6. The molecule has 34 heavy (non-hydrogen) atoms. The lowest BCUT2D eigenvalue weighted by Crippen LogP contribution is -2.37. The number of pyridine rings is 2. The molecule has 0 radical (unpaired) electrons. The Kier molecular flexibility index (Phi) is 5.98. The van der Waals surface area contributed by atoms with Crippen molar-refractivity contribution in [1.29, 1.82) is 0 Å². The van der Waals surface area contributed by atoms with Crippen molar-refractivity contribution in [2.24, 2.45) is 5.73 Å². The summed E-state index contributed by atoms with van der Waals surface area (Å²) in [5.41, 5.74) is 12.3. The summed E-state index contributed by atoms with van der Waals surface area (Å²) in [6, 6.07) is 12.6. The molecule has 0 aliphatic carbocycles.